The highest BCUT2D eigenvalue weighted by molar-refractivity contribution is 6.44. The molecule has 0 unspecified atom stereocenters. The minimum Gasteiger partial charge on any atom is -0.505 e. The van der Waals surface area contributed by atoms with Gasteiger partial charge < -0.3 is 15.5 Å². The maximum Gasteiger partial charge on any atom is 0.322 e. The molecule has 3 N–H and O–H groups in total. The van der Waals surface area contributed by atoms with E-state index < -0.39 is 24.2 Å². The molecule has 0 radical (unpaired) electrons. The van der Waals surface area contributed by atoms with Crippen LogP contribution in [-0.2, 0) is 4.79 Å². The quantitative estimate of drug-likeness (QED) is 0.563. The Hall–Kier alpha value is -2.83. The van der Waals surface area contributed by atoms with E-state index in [-0.39, 0.29) is 11.5 Å². The Balaban J connectivity index is 2.39. The highest BCUT2D eigenvalue weighted by Crippen LogP contribution is 2.22. The Kier molecular flexibility index (Phi) is 4.68. The summed E-state index contributed by atoms with van der Waals surface area (Å²) in [4.78, 5) is 26.0. The third kappa shape index (κ3) is 3.50. The molecule has 0 saturated heterocycles. The van der Waals surface area contributed by atoms with Gasteiger partial charge in [-0.15, -0.1) is 0 Å². The van der Waals surface area contributed by atoms with E-state index in [4.69, 9.17) is 5.11 Å². The lowest BCUT2D eigenvalue weighted by Gasteiger charge is -2.12. The van der Waals surface area contributed by atoms with Gasteiger partial charge in [-0.2, -0.15) is 0 Å². The lowest BCUT2D eigenvalue weighted by Crippen LogP contribution is -2.30. The van der Waals surface area contributed by atoms with Crippen LogP contribution < -0.4 is 16.2 Å². The summed E-state index contributed by atoms with van der Waals surface area (Å²) in [6.07, 6.45) is 1.34. The van der Waals surface area contributed by atoms with Crippen LogP contribution in [0.3, 0.4) is 0 Å². The molecule has 1 heterocycles. The van der Waals surface area contributed by atoms with Crippen LogP contribution in [0.1, 0.15) is 10.5 Å². The largest absolute Gasteiger partial charge is 0.505 e. The van der Waals surface area contributed by atoms with E-state index in [1.54, 1.807) is 21.8 Å². The normalized spacial score (nSPS) is 10.3. The third-order valence-electron chi connectivity index (χ3n) is 3.38. The Morgan fingerprint density at radius 3 is 2.61 bits per heavy atom. The van der Waals surface area contributed by atoms with Crippen LogP contribution in [0, 0.1) is 5.82 Å². The summed E-state index contributed by atoms with van der Waals surface area (Å²) in [6.45, 7) is -0.580. The Morgan fingerprint density at radius 1 is 1.30 bits per heavy atom. The van der Waals surface area contributed by atoms with Crippen molar-refractivity contribution < 1.29 is 24.2 Å². The molecule has 2 aromatic rings. The first-order chi connectivity index (χ1) is 10.8. The van der Waals surface area contributed by atoms with Crippen LogP contribution in [0.2, 0.25) is 0 Å². The van der Waals surface area contributed by atoms with Gasteiger partial charge in [0.25, 0.3) is 5.91 Å². The maximum atomic E-state index is 13.7. The van der Waals surface area contributed by atoms with E-state index >= 15 is 0 Å². The minimum absolute atomic E-state index is 0.290. The third-order valence-corrected chi connectivity index (χ3v) is 3.38. The fraction of sp³-hybridized carbons (Fsp3) is 0.0714. The second kappa shape index (κ2) is 6.51. The van der Waals surface area contributed by atoms with Gasteiger partial charge in [-0.05, 0) is 23.2 Å². The SMILES string of the molecule is Bc1ccc(F)c(B)c1-c1cnc(C(=O)NCC(=O)O)c(O)c1. The molecular formula is C14H13B2FN2O4. The van der Waals surface area contributed by atoms with Crippen molar-refractivity contribution in [3.8, 4) is 16.9 Å². The van der Waals surface area contributed by atoms with Crippen LogP contribution in [0.15, 0.2) is 24.4 Å². The molecule has 1 amide bonds. The molecule has 1 aromatic carbocycles. The van der Waals surface area contributed by atoms with Gasteiger partial charge >= 0.3 is 5.97 Å². The van der Waals surface area contributed by atoms with Gasteiger partial charge in [0.15, 0.2) is 5.69 Å². The zero-order chi connectivity index (χ0) is 17.1. The van der Waals surface area contributed by atoms with E-state index in [1.807, 2.05) is 0 Å². The fourth-order valence-corrected chi connectivity index (χ4v) is 2.27. The topological polar surface area (TPSA) is 99.5 Å². The number of hydrogen-bond donors (Lipinski definition) is 3. The number of benzene rings is 1. The van der Waals surface area contributed by atoms with Crippen LogP contribution in [-0.4, -0.2) is 49.3 Å². The summed E-state index contributed by atoms with van der Waals surface area (Å²) in [7, 11) is 3.41. The Bertz CT molecular complexity index is 799. The van der Waals surface area contributed by atoms with E-state index in [0.29, 0.717) is 16.6 Å². The number of nitrogens with zero attached hydrogens (tertiary/aromatic N) is 1. The predicted octanol–water partition coefficient (Wildman–Crippen LogP) is -2.08. The highest BCUT2D eigenvalue weighted by Gasteiger charge is 2.16. The Labute approximate surface area is 133 Å². The lowest BCUT2D eigenvalue weighted by atomic mass is 9.78. The monoisotopic (exact) mass is 314 g/mol. The number of rotatable bonds is 4. The molecular weight excluding hydrogens is 301 g/mol. The van der Waals surface area contributed by atoms with Gasteiger partial charge in [-0.3, -0.25) is 9.59 Å². The van der Waals surface area contributed by atoms with Gasteiger partial charge in [0, 0.05) is 11.8 Å². The average Bonchev–Trinajstić information content (AvgIpc) is 2.49. The summed E-state index contributed by atoms with van der Waals surface area (Å²) >= 11 is 0. The molecule has 116 valence electrons. The molecule has 0 aliphatic carbocycles. The first kappa shape index (κ1) is 16.5. The maximum absolute atomic E-state index is 13.7. The van der Waals surface area contributed by atoms with Crippen LogP contribution >= 0.6 is 0 Å². The van der Waals surface area contributed by atoms with Crippen LogP contribution in [0.5, 0.6) is 5.75 Å². The number of pyridine rings is 1. The molecule has 0 aliphatic heterocycles. The number of carboxylic acid groups (broad SMARTS) is 1. The molecule has 0 atom stereocenters. The van der Waals surface area contributed by atoms with Crippen molar-refractivity contribution in [3.05, 3.63) is 35.9 Å². The second-order valence-electron chi connectivity index (χ2n) is 5.03. The number of carboxylic acids is 1. The summed E-state index contributed by atoms with van der Waals surface area (Å²) in [5, 5.41) is 20.6. The van der Waals surface area contributed by atoms with E-state index in [9.17, 15) is 19.1 Å². The number of amides is 1. The van der Waals surface area contributed by atoms with Gasteiger partial charge in [-0.1, -0.05) is 11.5 Å². The smallest absolute Gasteiger partial charge is 0.322 e. The van der Waals surface area contributed by atoms with Crippen molar-refractivity contribution in [1.82, 2.24) is 10.3 Å². The molecule has 0 saturated carbocycles. The molecule has 6 nitrogen and oxygen atoms in total. The van der Waals surface area contributed by atoms with Crippen molar-refractivity contribution in [2.45, 2.75) is 0 Å². The summed E-state index contributed by atoms with van der Waals surface area (Å²) in [5.41, 5.74) is 1.97. The lowest BCUT2D eigenvalue weighted by molar-refractivity contribution is -0.135. The predicted molar refractivity (Wildman–Crippen MR) is 87.6 cm³/mol. The van der Waals surface area contributed by atoms with Crippen molar-refractivity contribution in [2.75, 3.05) is 6.54 Å². The van der Waals surface area contributed by atoms with Crippen molar-refractivity contribution in [2.24, 2.45) is 0 Å². The van der Waals surface area contributed by atoms with Gasteiger partial charge in [0.2, 0.25) is 0 Å². The number of aromatic nitrogens is 1. The first-order valence-corrected chi connectivity index (χ1v) is 6.76. The van der Waals surface area contributed by atoms with Gasteiger partial charge in [-0.25, -0.2) is 9.37 Å². The number of hydrogen-bond acceptors (Lipinski definition) is 4. The summed E-state index contributed by atoms with van der Waals surface area (Å²) in [5.74, 6) is -2.80. The number of aromatic hydroxyl groups is 1. The zero-order valence-corrected chi connectivity index (χ0v) is 12.6. The number of carbonyl (C=O) groups excluding carboxylic acids is 1. The summed E-state index contributed by atoms with van der Waals surface area (Å²) in [6, 6.07) is 4.27. The number of halogens is 1. The van der Waals surface area contributed by atoms with Crippen molar-refractivity contribution >= 4 is 38.5 Å². The Morgan fingerprint density at radius 2 is 2.00 bits per heavy atom. The molecule has 0 spiro atoms. The molecule has 0 aliphatic rings. The molecule has 0 fully saturated rings. The van der Waals surface area contributed by atoms with E-state index in [2.05, 4.69) is 10.3 Å². The first-order valence-electron chi connectivity index (χ1n) is 6.76. The molecule has 0 bridgehead atoms. The highest BCUT2D eigenvalue weighted by atomic mass is 19.1. The van der Waals surface area contributed by atoms with Crippen molar-refractivity contribution in [1.29, 1.82) is 0 Å². The fourth-order valence-electron chi connectivity index (χ4n) is 2.27. The second-order valence-corrected chi connectivity index (χ2v) is 5.03. The minimum atomic E-state index is -1.21. The van der Waals surface area contributed by atoms with Gasteiger partial charge in [0.1, 0.15) is 33.8 Å². The van der Waals surface area contributed by atoms with Crippen LogP contribution in [0.25, 0.3) is 11.1 Å². The number of aliphatic carboxylic acids is 1. The number of nitrogens with one attached hydrogen (secondary N) is 1. The van der Waals surface area contributed by atoms with Crippen LogP contribution in [0.4, 0.5) is 4.39 Å². The molecule has 2 rings (SSSR count). The standard InChI is InChI=1S/C14H13B2FN2O4/c15-7-1-2-8(17)12(16)11(7)6-3-9(20)13(18-4-6)14(23)19-5-10(21)22/h1-4,20H,5,15-16H2,(H,19,23)(H,21,22). The van der Waals surface area contributed by atoms with Gasteiger partial charge in [0.05, 0.1) is 0 Å². The molecule has 9 heteroatoms. The van der Waals surface area contributed by atoms with E-state index in [1.165, 1.54) is 18.3 Å². The molecule has 23 heavy (non-hydrogen) atoms. The molecule has 1 aromatic heterocycles. The summed E-state index contributed by atoms with van der Waals surface area (Å²) < 4.78 is 13.7. The zero-order valence-electron chi connectivity index (χ0n) is 12.6. The van der Waals surface area contributed by atoms with Crippen molar-refractivity contribution in [3.63, 3.8) is 0 Å². The average molecular weight is 314 g/mol. The van der Waals surface area contributed by atoms with E-state index in [0.717, 1.165) is 5.46 Å². The number of carbonyl (C=O) groups is 2.